The molecule has 3 heterocycles. The number of pyridine rings is 1. The van der Waals surface area contributed by atoms with E-state index in [0.29, 0.717) is 5.92 Å². The van der Waals surface area contributed by atoms with Crippen molar-refractivity contribution >= 4 is 11.6 Å². The second-order valence-corrected chi connectivity index (χ2v) is 6.68. The maximum atomic E-state index is 11.2. The lowest BCUT2D eigenvalue weighted by atomic mass is 9.93. The molecule has 3 rings (SSSR count). The third-order valence-electron chi connectivity index (χ3n) is 5.17. The minimum Gasteiger partial charge on any atom is -0.370 e. The molecule has 1 aromatic heterocycles. The maximum Gasteiger partial charge on any atom is 0.220 e. The molecule has 0 aromatic carbocycles. The summed E-state index contributed by atoms with van der Waals surface area (Å²) in [6, 6.07) is 4.37. The monoisotopic (exact) mass is 302 g/mol. The Morgan fingerprint density at radius 1 is 1.14 bits per heavy atom. The van der Waals surface area contributed by atoms with E-state index in [0.717, 1.165) is 39.0 Å². The second-order valence-electron chi connectivity index (χ2n) is 6.68. The van der Waals surface area contributed by atoms with Gasteiger partial charge in [0.25, 0.3) is 0 Å². The zero-order valence-electron chi connectivity index (χ0n) is 13.4. The van der Waals surface area contributed by atoms with Crippen molar-refractivity contribution in [3.05, 3.63) is 24.0 Å². The molecule has 2 saturated heterocycles. The molecule has 0 unspecified atom stereocenters. The smallest absolute Gasteiger partial charge is 0.220 e. The molecule has 0 spiro atoms. The van der Waals surface area contributed by atoms with Crippen molar-refractivity contribution in [3.63, 3.8) is 0 Å². The number of carbonyl (C=O) groups is 1. The molecule has 5 heteroatoms. The molecular weight excluding hydrogens is 276 g/mol. The minimum atomic E-state index is -0.157. The van der Waals surface area contributed by atoms with Crippen LogP contribution >= 0.6 is 0 Å². The SMILES string of the molecule is CN1CCC(c2ccc(N3CCC(C(N)=O)CC3)cn2)CC1. The van der Waals surface area contributed by atoms with E-state index in [1.54, 1.807) is 0 Å². The topological polar surface area (TPSA) is 62.5 Å². The number of primary amides is 1. The fraction of sp³-hybridized carbons (Fsp3) is 0.647. The third kappa shape index (κ3) is 3.40. The lowest BCUT2D eigenvalue weighted by Gasteiger charge is -2.32. The van der Waals surface area contributed by atoms with E-state index in [-0.39, 0.29) is 11.8 Å². The number of nitrogens with two attached hydrogens (primary N) is 1. The van der Waals surface area contributed by atoms with E-state index in [9.17, 15) is 4.79 Å². The van der Waals surface area contributed by atoms with E-state index in [4.69, 9.17) is 10.7 Å². The summed E-state index contributed by atoms with van der Waals surface area (Å²) in [5.41, 5.74) is 7.78. The standard InChI is InChI=1S/C17H26N4O/c1-20-8-4-13(5-9-20)16-3-2-15(12-19-16)21-10-6-14(7-11-21)17(18)22/h2-3,12-14H,4-11H2,1H3,(H2,18,22). The van der Waals surface area contributed by atoms with Gasteiger partial charge in [0.1, 0.15) is 0 Å². The van der Waals surface area contributed by atoms with Crippen molar-refractivity contribution in [2.24, 2.45) is 11.7 Å². The van der Waals surface area contributed by atoms with Crippen LogP contribution in [-0.4, -0.2) is 49.0 Å². The second kappa shape index (κ2) is 6.65. The van der Waals surface area contributed by atoms with Gasteiger partial charge in [0.2, 0.25) is 5.91 Å². The summed E-state index contributed by atoms with van der Waals surface area (Å²) in [4.78, 5) is 20.6. The van der Waals surface area contributed by atoms with Crippen LogP contribution in [0.25, 0.3) is 0 Å². The van der Waals surface area contributed by atoms with Crippen molar-refractivity contribution in [2.75, 3.05) is 38.1 Å². The van der Waals surface area contributed by atoms with Crippen LogP contribution in [0.3, 0.4) is 0 Å². The van der Waals surface area contributed by atoms with Crippen molar-refractivity contribution in [1.29, 1.82) is 0 Å². The first-order valence-corrected chi connectivity index (χ1v) is 8.32. The van der Waals surface area contributed by atoms with Crippen LogP contribution in [0.1, 0.15) is 37.3 Å². The van der Waals surface area contributed by atoms with Gasteiger partial charge in [-0.3, -0.25) is 9.78 Å². The molecule has 120 valence electrons. The summed E-state index contributed by atoms with van der Waals surface area (Å²) in [5.74, 6) is 0.490. The molecule has 0 saturated carbocycles. The summed E-state index contributed by atoms with van der Waals surface area (Å²) in [5, 5.41) is 0. The number of aromatic nitrogens is 1. The van der Waals surface area contributed by atoms with E-state index < -0.39 is 0 Å². The van der Waals surface area contributed by atoms with Crippen molar-refractivity contribution in [1.82, 2.24) is 9.88 Å². The highest BCUT2D eigenvalue weighted by Gasteiger charge is 2.24. The average Bonchev–Trinajstić information content (AvgIpc) is 2.56. The molecule has 0 bridgehead atoms. The molecule has 5 nitrogen and oxygen atoms in total. The molecule has 2 aliphatic rings. The quantitative estimate of drug-likeness (QED) is 0.921. The Morgan fingerprint density at radius 3 is 2.36 bits per heavy atom. The van der Waals surface area contributed by atoms with Gasteiger partial charge in [0.05, 0.1) is 11.9 Å². The third-order valence-corrected chi connectivity index (χ3v) is 5.17. The Bertz CT molecular complexity index is 500. The number of amides is 1. The van der Waals surface area contributed by atoms with Crippen LogP contribution < -0.4 is 10.6 Å². The fourth-order valence-electron chi connectivity index (χ4n) is 3.55. The summed E-state index contributed by atoms with van der Waals surface area (Å²) < 4.78 is 0. The number of anilines is 1. The van der Waals surface area contributed by atoms with E-state index in [1.807, 2.05) is 6.20 Å². The van der Waals surface area contributed by atoms with Crippen LogP contribution in [0.5, 0.6) is 0 Å². The Kier molecular flexibility index (Phi) is 4.62. The van der Waals surface area contributed by atoms with Gasteiger partial charge in [0, 0.05) is 30.6 Å². The molecule has 22 heavy (non-hydrogen) atoms. The predicted molar refractivity (Wildman–Crippen MR) is 87.8 cm³/mol. The lowest BCUT2D eigenvalue weighted by molar-refractivity contribution is -0.122. The first kappa shape index (κ1) is 15.3. The summed E-state index contributed by atoms with van der Waals surface area (Å²) >= 11 is 0. The number of likely N-dealkylation sites (tertiary alicyclic amines) is 1. The number of carbonyl (C=O) groups excluding carboxylic acids is 1. The van der Waals surface area contributed by atoms with Gasteiger partial charge in [-0.05, 0) is 58.0 Å². The highest BCUT2D eigenvalue weighted by atomic mass is 16.1. The molecular formula is C17H26N4O. The highest BCUT2D eigenvalue weighted by Crippen LogP contribution is 2.28. The fourth-order valence-corrected chi connectivity index (χ4v) is 3.55. The molecule has 2 N–H and O–H groups in total. The van der Waals surface area contributed by atoms with Crippen LogP contribution in [0.2, 0.25) is 0 Å². The minimum absolute atomic E-state index is 0.0442. The van der Waals surface area contributed by atoms with Gasteiger partial charge in [-0.2, -0.15) is 0 Å². The Balaban J connectivity index is 1.59. The maximum absolute atomic E-state index is 11.2. The van der Waals surface area contributed by atoms with Gasteiger partial charge in [-0.15, -0.1) is 0 Å². The molecule has 1 amide bonds. The summed E-state index contributed by atoms with van der Waals surface area (Å²) in [7, 11) is 2.18. The lowest BCUT2D eigenvalue weighted by Crippen LogP contribution is -2.38. The first-order valence-electron chi connectivity index (χ1n) is 8.32. The number of hydrogen-bond donors (Lipinski definition) is 1. The number of nitrogens with zero attached hydrogens (tertiary/aromatic N) is 3. The Labute approximate surface area is 132 Å². The predicted octanol–water partition coefficient (Wildman–Crippen LogP) is 1.59. The first-order chi connectivity index (χ1) is 10.6. The molecule has 2 fully saturated rings. The van der Waals surface area contributed by atoms with Gasteiger partial charge in [0.15, 0.2) is 0 Å². The molecule has 0 aliphatic carbocycles. The largest absolute Gasteiger partial charge is 0.370 e. The molecule has 0 atom stereocenters. The van der Waals surface area contributed by atoms with Gasteiger partial charge < -0.3 is 15.5 Å². The van der Waals surface area contributed by atoms with Crippen molar-refractivity contribution < 1.29 is 4.79 Å². The van der Waals surface area contributed by atoms with Gasteiger partial charge in [-0.1, -0.05) is 0 Å². The normalized spacial score (nSPS) is 22.0. The zero-order valence-corrected chi connectivity index (χ0v) is 13.4. The Morgan fingerprint density at radius 2 is 1.82 bits per heavy atom. The van der Waals surface area contributed by atoms with Crippen LogP contribution in [0, 0.1) is 5.92 Å². The number of piperidine rings is 2. The van der Waals surface area contributed by atoms with E-state index >= 15 is 0 Å². The number of hydrogen-bond acceptors (Lipinski definition) is 4. The summed E-state index contributed by atoms with van der Waals surface area (Å²) in [6.07, 6.45) is 6.11. The average molecular weight is 302 g/mol. The summed E-state index contributed by atoms with van der Waals surface area (Å²) in [6.45, 7) is 4.11. The van der Waals surface area contributed by atoms with E-state index in [1.165, 1.54) is 24.2 Å². The van der Waals surface area contributed by atoms with Crippen molar-refractivity contribution in [2.45, 2.75) is 31.6 Å². The Hall–Kier alpha value is -1.62. The van der Waals surface area contributed by atoms with Crippen LogP contribution in [-0.2, 0) is 4.79 Å². The van der Waals surface area contributed by atoms with Gasteiger partial charge >= 0.3 is 0 Å². The van der Waals surface area contributed by atoms with Crippen LogP contribution in [0.4, 0.5) is 5.69 Å². The molecule has 2 aliphatic heterocycles. The molecule has 0 radical (unpaired) electrons. The zero-order chi connectivity index (χ0) is 15.5. The van der Waals surface area contributed by atoms with Gasteiger partial charge in [-0.25, -0.2) is 0 Å². The van der Waals surface area contributed by atoms with E-state index in [2.05, 4.69) is 29.0 Å². The van der Waals surface area contributed by atoms with Crippen LogP contribution in [0.15, 0.2) is 18.3 Å². The van der Waals surface area contributed by atoms with Crippen molar-refractivity contribution in [3.8, 4) is 0 Å². The number of rotatable bonds is 3. The molecule has 1 aromatic rings. The highest BCUT2D eigenvalue weighted by molar-refractivity contribution is 5.77.